The lowest BCUT2D eigenvalue weighted by atomic mass is 9.98. The van der Waals surface area contributed by atoms with Crippen LogP contribution in [0.5, 0.6) is 5.75 Å². The van der Waals surface area contributed by atoms with Gasteiger partial charge in [-0.15, -0.1) is 0 Å². The molecule has 1 unspecified atom stereocenters. The second-order valence-electron chi connectivity index (χ2n) is 8.31. The van der Waals surface area contributed by atoms with Gasteiger partial charge in [0.15, 0.2) is 0 Å². The van der Waals surface area contributed by atoms with Gasteiger partial charge in [-0.2, -0.15) is 0 Å². The van der Waals surface area contributed by atoms with Crippen LogP contribution < -0.4 is 10.1 Å². The summed E-state index contributed by atoms with van der Waals surface area (Å²) in [5, 5.41) is 2.99. The Kier molecular flexibility index (Phi) is 7.11. The van der Waals surface area contributed by atoms with Crippen molar-refractivity contribution in [3.05, 3.63) is 29.8 Å². The van der Waals surface area contributed by atoms with E-state index in [9.17, 15) is 9.59 Å². The maximum Gasteiger partial charge on any atom is 0.410 e. The molecule has 1 aromatic rings. The number of carbonyl (C=O) groups is 2. The maximum absolute atomic E-state index is 12.6. The van der Waals surface area contributed by atoms with E-state index in [1.165, 1.54) is 0 Å². The molecule has 0 radical (unpaired) electrons. The number of hydrogen-bond acceptors (Lipinski definition) is 4. The summed E-state index contributed by atoms with van der Waals surface area (Å²) in [5.74, 6) is 0.651. The number of hydrogen-bond donors (Lipinski definition) is 1. The molecule has 0 aromatic heterocycles. The standard InChI is InChI=1S/C21H32N2O4/c1-15(2)26-18-11-7-6-10-17(18)19(24)22-13-16-9-8-12-23(14-16)20(25)27-21(3,4)5/h6-7,10-11,15-16H,8-9,12-14H2,1-5H3,(H,22,24). The van der Waals surface area contributed by atoms with Gasteiger partial charge >= 0.3 is 6.09 Å². The van der Waals surface area contributed by atoms with Gasteiger partial charge in [0.1, 0.15) is 11.4 Å². The van der Waals surface area contributed by atoms with Crippen LogP contribution in [0.3, 0.4) is 0 Å². The highest BCUT2D eigenvalue weighted by Crippen LogP contribution is 2.21. The molecule has 0 saturated carbocycles. The van der Waals surface area contributed by atoms with Gasteiger partial charge in [-0.1, -0.05) is 12.1 Å². The van der Waals surface area contributed by atoms with Crippen molar-refractivity contribution < 1.29 is 19.1 Å². The SMILES string of the molecule is CC(C)Oc1ccccc1C(=O)NCC1CCCN(C(=O)OC(C)(C)C)C1. The minimum Gasteiger partial charge on any atom is -0.490 e. The molecular formula is C21H32N2O4. The van der Waals surface area contributed by atoms with E-state index in [0.717, 1.165) is 12.8 Å². The molecule has 1 aliphatic rings. The number of ether oxygens (including phenoxy) is 2. The van der Waals surface area contributed by atoms with Crippen LogP contribution in [0.15, 0.2) is 24.3 Å². The van der Waals surface area contributed by atoms with Crippen LogP contribution in [-0.2, 0) is 4.74 Å². The largest absolute Gasteiger partial charge is 0.490 e. The number of nitrogens with zero attached hydrogens (tertiary/aromatic N) is 1. The number of amides is 2. The summed E-state index contributed by atoms with van der Waals surface area (Å²) < 4.78 is 11.2. The van der Waals surface area contributed by atoms with Crippen molar-refractivity contribution >= 4 is 12.0 Å². The predicted octanol–water partition coefficient (Wildman–Crippen LogP) is 3.85. The van der Waals surface area contributed by atoms with Gasteiger partial charge in [-0.05, 0) is 65.5 Å². The fraction of sp³-hybridized carbons (Fsp3) is 0.619. The van der Waals surface area contributed by atoms with Gasteiger partial charge in [0, 0.05) is 19.6 Å². The zero-order valence-corrected chi connectivity index (χ0v) is 17.1. The molecule has 6 nitrogen and oxygen atoms in total. The monoisotopic (exact) mass is 376 g/mol. The smallest absolute Gasteiger partial charge is 0.410 e. The summed E-state index contributed by atoms with van der Waals surface area (Å²) in [4.78, 5) is 26.6. The third kappa shape index (κ3) is 6.77. The van der Waals surface area contributed by atoms with Gasteiger partial charge in [0.25, 0.3) is 5.91 Å². The molecule has 1 N–H and O–H groups in total. The molecule has 1 atom stereocenters. The van der Waals surface area contributed by atoms with Crippen molar-refractivity contribution in [2.75, 3.05) is 19.6 Å². The zero-order valence-electron chi connectivity index (χ0n) is 17.1. The van der Waals surface area contributed by atoms with Gasteiger partial charge in [-0.25, -0.2) is 4.79 Å². The van der Waals surface area contributed by atoms with Crippen molar-refractivity contribution in [2.45, 2.75) is 59.2 Å². The molecule has 0 aliphatic carbocycles. The fourth-order valence-corrected chi connectivity index (χ4v) is 3.07. The first-order valence-electron chi connectivity index (χ1n) is 9.67. The number of benzene rings is 1. The minimum atomic E-state index is -0.502. The highest BCUT2D eigenvalue weighted by atomic mass is 16.6. The Hall–Kier alpha value is -2.24. The summed E-state index contributed by atoms with van der Waals surface area (Å²) >= 11 is 0. The summed E-state index contributed by atoms with van der Waals surface area (Å²) in [5.41, 5.74) is 0.0317. The molecule has 1 saturated heterocycles. The van der Waals surface area contributed by atoms with Crippen LogP contribution in [-0.4, -0.2) is 48.2 Å². The Morgan fingerprint density at radius 2 is 1.96 bits per heavy atom. The van der Waals surface area contributed by atoms with Gasteiger partial charge in [0.2, 0.25) is 0 Å². The first kappa shape index (κ1) is 21.1. The average Bonchev–Trinajstić information content (AvgIpc) is 2.58. The van der Waals surface area contributed by atoms with E-state index in [2.05, 4.69) is 5.32 Å². The van der Waals surface area contributed by atoms with E-state index < -0.39 is 5.60 Å². The number of carbonyl (C=O) groups excluding carboxylic acids is 2. The Balaban J connectivity index is 1.91. The maximum atomic E-state index is 12.6. The zero-order chi connectivity index (χ0) is 20.0. The highest BCUT2D eigenvalue weighted by Gasteiger charge is 2.28. The number of nitrogens with one attached hydrogen (secondary N) is 1. The van der Waals surface area contributed by atoms with Crippen molar-refractivity contribution in [3.63, 3.8) is 0 Å². The van der Waals surface area contributed by atoms with Crippen LogP contribution >= 0.6 is 0 Å². The first-order valence-corrected chi connectivity index (χ1v) is 9.67. The van der Waals surface area contributed by atoms with E-state index >= 15 is 0 Å². The first-order chi connectivity index (χ1) is 12.7. The minimum absolute atomic E-state index is 0.000295. The third-order valence-electron chi connectivity index (χ3n) is 4.22. The van der Waals surface area contributed by atoms with Crippen LogP contribution in [0.2, 0.25) is 0 Å². The van der Waals surface area contributed by atoms with Crippen LogP contribution in [0.25, 0.3) is 0 Å². The molecule has 0 spiro atoms. The third-order valence-corrected chi connectivity index (χ3v) is 4.22. The Morgan fingerprint density at radius 3 is 2.63 bits per heavy atom. The second kappa shape index (κ2) is 9.11. The van der Waals surface area contributed by atoms with E-state index in [4.69, 9.17) is 9.47 Å². The van der Waals surface area contributed by atoms with Gasteiger partial charge in [-0.3, -0.25) is 4.79 Å². The van der Waals surface area contributed by atoms with Gasteiger partial charge in [0.05, 0.1) is 11.7 Å². The predicted molar refractivity (Wildman–Crippen MR) is 105 cm³/mol. The van der Waals surface area contributed by atoms with E-state index in [0.29, 0.717) is 30.9 Å². The molecule has 2 amide bonds. The van der Waals surface area contributed by atoms with E-state index in [-0.39, 0.29) is 24.0 Å². The molecule has 0 bridgehead atoms. The number of piperidine rings is 1. The number of likely N-dealkylation sites (tertiary alicyclic amines) is 1. The van der Waals surface area contributed by atoms with Crippen molar-refractivity contribution in [1.82, 2.24) is 10.2 Å². The molecule has 150 valence electrons. The molecule has 27 heavy (non-hydrogen) atoms. The lowest BCUT2D eigenvalue weighted by Crippen LogP contribution is -2.45. The fourth-order valence-electron chi connectivity index (χ4n) is 3.07. The molecule has 1 aliphatic heterocycles. The van der Waals surface area contributed by atoms with E-state index in [1.54, 1.807) is 17.0 Å². The summed E-state index contributed by atoms with van der Waals surface area (Å²) in [6.07, 6.45) is 1.60. The Labute approximate surface area is 162 Å². The Morgan fingerprint density at radius 1 is 1.26 bits per heavy atom. The lowest BCUT2D eigenvalue weighted by Gasteiger charge is -2.34. The summed E-state index contributed by atoms with van der Waals surface area (Å²) in [7, 11) is 0. The molecule has 6 heteroatoms. The normalized spacial score (nSPS) is 17.6. The highest BCUT2D eigenvalue weighted by molar-refractivity contribution is 5.96. The second-order valence-corrected chi connectivity index (χ2v) is 8.31. The van der Waals surface area contributed by atoms with Crippen molar-refractivity contribution in [3.8, 4) is 5.75 Å². The molecule has 1 aromatic carbocycles. The molecule has 1 fully saturated rings. The topological polar surface area (TPSA) is 67.9 Å². The van der Waals surface area contributed by atoms with E-state index in [1.807, 2.05) is 46.8 Å². The van der Waals surface area contributed by atoms with Crippen LogP contribution in [0.1, 0.15) is 57.8 Å². The molecular weight excluding hydrogens is 344 g/mol. The molecule has 1 heterocycles. The number of rotatable bonds is 5. The van der Waals surface area contributed by atoms with Crippen LogP contribution in [0.4, 0.5) is 4.79 Å². The number of para-hydroxylation sites is 1. The quantitative estimate of drug-likeness (QED) is 0.847. The summed E-state index contributed by atoms with van der Waals surface area (Å²) in [6, 6.07) is 7.25. The van der Waals surface area contributed by atoms with Crippen LogP contribution in [0, 0.1) is 5.92 Å². The molecule has 2 rings (SSSR count). The van der Waals surface area contributed by atoms with Crippen molar-refractivity contribution in [1.29, 1.82) is 0 Å². The Bertz CT molecular complexity index is 652. The lowest BCUT2D eigenvalue weighted by molar-refractivity contribution is 0.0167. The van der Waals surface area contributed by atoms with Gasteiger partial charge < -0.3 is 19.7 Å². The summed E-state index contributed by atoms with van der Waals surface area (Å²) in [6.45, 7) is 11.3. The van der Waals surface area contributed by atoms with Crippen molar-refractivity contribution in [2.24, 2.45) is 5.92 Å². The average molecular weight is 376 g/mol.